The van der Waals surface area contributed by atoms with Crippen molar-refractivity contribution in [3.05, 3.63) is 0 Å². The number of carbonyl (C=O) groups is 4. The van der Waals surface area contributed by atoms with Crippen molar-refractivity contribution < 1.29 is 197 Å². The Labute approximate surface area is 573 Å². The summed E-state index contributed by atoms with van der Waals surface area (Å²) < 4.78 is 89.4. The van der Waals surface area contributed by atoms with Gasteiger partial charge in [-0.2, -0.15) is 0 Å². The second-order valence-corrected chi connectivity index (χ2v) is 25.7. The first-order chi connectivity index (χ1) is 47.8. The highest BCUT2D eigenvalue weighted by molar-refractivity contribution is 5.74. The highest BCUT2D eigenvalue weighted by Crippen LogP contribution is 2.39. The van der Waals surface area contributed by atoms with Crippen LogP contribution in [-0.2, 0) is 90.2 Å². The van der Waals surface area contributed by atoms with Gasteiger partial charge in [-0.3, -0.25) is 19.2 Å². The molecule has 0 aromatic heterocycles. The van der Waals surface area contributed by atoms with Crippen LogP contribution in [0.3, 0.4) is 0 Å². The summed E-state index contributed by atoms with van der Waals surface area (Å²) in [5.74, 6) is -3.23. The monoisotopic (exact) mass is 1480 g/mol. The second-order valence-electron chi connectivity index (χ2n) is 25.7. The summed E-state index contributed by atoms with van der Waals surface area (Å²) in [6.45, 7) is -2.66. The summed E-state index contributed by atoms with van der Waals surface area (Å²) in [7, 11) is 0. The molecule has 25 N–H and O–H groups in total. The fraction of sp³-hybridized carbons (Fsp3) is 0.930. The lowest BCUT2D eigenvalue weighted by Crippen LogP contribution is -2.71. The Balaban J connectivity index is 1.14. The molecule has 584 valence electrons. The zero-order valence-corrected chi connectivity index (χ0v) is 54.9. The van der Waals surface area contributed by atoms with Crippen LogP contribution in [0.15, 0.2) is 0 Å². The summed E-state index contributed by atoms with van der Waals surface area (Å²) in [4.78, 5) is 50.4. The van der Waals surface area contributed by atoms with Crippen LogP contribution >= 0.6 is 0 Å². The van der Waals surface area contributed by atoms with Gasteiger partial charge >= 0.3 is 0 Å². The van der Waals surface area contributed by atoms with Crippen LogP contribution in [0.2, 0.25) is 0 Å². The van der Waals surface area contributed by atoms with Crippen LogP contribution < -0.4 is 21.3 Å². The fourth-order valence-electron chi connectivity index (χ4n) is 13.2. The lowest BCUT2D eigenvalue weighted by molar-refractivity contribution is -0.398. The number of hydrogen-bond donors (Lipinski definition) is 25. The number of ether oxygens (including phenoxy) is 15. The minimum Gasteiger partial charge on any atom is -0.394 e. The third kappa shape index (κ3) is 18.5. The highest BCUT2D eigenvalue weighted by Gasteiger charge is 2.60. The number of amides is 4. The first-order valence-corrected chi connectivity index (χ1v) is 32.4. The number of rotatable bonds is 26. The van der Waals surface area contributed by atoms with Gasteiger partial charge in [0.1, 0.15) is 189 Å². The van der Waals surface area contributed by atoms with Gasteiger partial charge in [-0.25, -0.2) is 0 Å². The smallest absolute Gasteiger partial charge is 0.217 e. The summed E-state index contributed by atoms with van der Waals surface area (Å²) >= 11 is 0. The molecule has 0 spiro atoms. The summed E-state index contributed by atoms with van der Waals surface area (Å²) in [6.07, 6.45) is -71.3. The van der Waals surface area contributed by atoms with Crippen LogP contribution in [0.5, 0.6) is 0 Å². The van der Waals surface area contributed by atoms with E-state index >= 15 is 0 Å². The van der Waals surface area contributed by atoms with E-state index in [0.29, 0.717) is 0 Å². The molecule has 101 heavy (non-hydrogen) atoms. The predicted octanol–water partition coefficient (Wildman–Crippen LogP) is -16.8. The molecule has 40 atom stereocenters. The molecule has 8 heterocycles. The quantitative estimate of drug-likeness (QED) is 0.0382. The van der Waals surface area contributed by atoms with Crippen molar-refractivity contribution >= 4 is 23.6 Å². The number of aliphatic hydroxyl groups is 21. The lowest BCUT2D eigenvalue weighted by atomic mass is 9.92. The van der Waals surface area contributed by atoms with Crippen molar-refractivity contribution in [3.8, 4) is 0 Å². The molecule has 8 saturated heterocycles. The minimum atomic E-state index is -2.50. The van der Waals surface area contributed by atoms with Crippen LogP contribution in [-0.4, -0.2) is 429 Å². The normalized spacial score (nSPS) is 48.3. The Morgan fingerprint density at radius 2 is 0.554 bits per heavy atom. The number of carbonyl (C=O) groups excluding carboxylic acids is 4. The minimum absolute atomic E-state index is 0.610. The van der Waals surface area contributed by atoms with Crippen LogP contribution in [0.4, 0.5) is 0 Å². The molecular weight excluding hydrogens is 1380 g/mol. The van der Waals surface area contributed by atoms with Crippen LogP contribution in [0.1, 0.15) is 34.6 Å². The predicted molar refractivity (Wildman–Crippen MR) is 314 cm³/mol. The molecule has 0 aromatic rings. The fourth-order valence-corrected chi connectivity index (χ4v) is 13.2. The first-order valence-electron chi connectivity index (χ1n) is 32.4. The van der Waals surface area contributed by atoms with Gasteiger partial charge in [0.15, 0.2) is 44.0 Å². The van der Waals surface area contributed by atoms with E-state index < -0.39 is 322 Å². The van der Waals surface area contributed by atoms with Gasteiger partial charge in [0.2, 0.25) is 23.6 Å². The van der Waals surface area contributed by atoms with Gasteiger partial charge in [-0.1, -0.05) is 0 Å². The van der Waals surface area contributed by atoms with E-state index in [2.05, 4.69) is 21.3 Å². The largest absolute Gasteiger partial charge is 0.394 e. The topological polar surface area (TPSA) is 680 Å². The molecule has 0 aromatic carbocycles. The van der Waals surface area contributed by atoms with Crippen molar-refractivity contribution in [3.63, 3.8) is 0 Å². The maximum Gasteiger partial charge on any atom is 0.217 e. The van der Waals surface area contributed by atoms with E-state index in [4.69, 9.17) is 71.1 Å². The molecular formula is C57H96N4O40. The molecule has 44 nitrogen and oxygen atoms in total. The summed E-state index contributed by atoms with van der Waals surface area (Å²) in [5, 5.41) is 242. The Morgan fingerprint density at radius 1 is 0.267 bits per heavy atom. The Kier molecular flexibility index (Phi) is 29.9. The van der Waals surface area contributed by atoms with Crippen molar-refractivity contribution in [1.29, 1.82) is 0 Å². The molecule has 44 heteroatoms. The SMILES string of the molecule is CC(=O)NC1C(O)[C@H](O)[C@H](CO)O[C@H]1OC1[C@@H](OCC2O[C@@H](O[C@@H]3C(CO)O[C@@H](O[C@@H]4C(CO)OC(C)C(NC(C)=O)[C@H]4O)C(NC(C)=O)[C@H]3O)C(O)[C@@H](O[C@H]3O[C@H](CO)[C@@H](O)C(O)C3O[C@@H]3OC(CO)[C@@H](O[C@@H]4OC(CO)[C@H](O)[C@H](O)C4O)[C@H](O)C3NC(C)=O)[C@@H]2O)OC(CO)[C@@H](O)[C@@H]1O. The van der Waals surface area contributed by atoms with Gasteiger partial charge < -0.3 is 200 Å². The van der Waals surface area contributed by atoms with Gasteiger partial charge in [0, 0.05) is 27.7 Å². The maximum atomic E-state index is 12.9. The third-order valence-corrected chi connectivity index (χ3v) is 18.5. The van der Waals surface area contributed by atoms with Crippen molar-refractivity contribution in [2.75, 3.05) is 52.9 Å². The highest BCUT2D eigenvalue weighted by atomic mass is 16.8. The van der Waals surface area contributed by atoms with E-state index in [-0.39, 0.29) is 0 Å². The standard InChI is InChI=1S/C57H96N4O40/c1-14-27(58-15(2)69)37(79)45(23(10-66)88-14)96-52-29(60-17(4)71)38(80)47(25(12-68)93-52)98-55-44(86)48(35(77)26(95-55)13-87-56-49(41(83)33(75)21(8-64)91-56)100-51-28(59-16(3)70)36(78)31(73)19(6-62)89-51)99-57-50(42(84)34(76)22(9-65)92-57)101-53-30(61-18(5)72)39(81)46(24(11-67)94-53)97-54-43(85)40(82)32(74)20(7-63)90-54/h14,19-57,62-68,73-86H,6-13H2,1-5H3,(H,58,69)(H,59,70)(H,60,71)(H,61,72)/t14?,19-,20?,21?,22+,23?,24?,25?,26?,27?,28?,29?,30?,31+,32-,33+,34+,35+,36?,37+,38+,39+,40-,41-,42?,43?,44?,45+,46+,47+,48-,49?,50?,51-,52-,53-,54-,55-,56-,57+/m0/s1. The number of nitrogens with one attached hydrogen (secondary N) is 4. The van der Waals surface area contributed by atoms with Gasteiger partial charge in [0.25, 0.3) is 0 Å². The van der Waals surface area contributed by atoms with E-state index in [1.807, 2.05) is 0 Å². The first kappa shape index (κ1) is 83.1. The third-order valence-electron chi connectivity index (χ3n) is 18.5. The van der Waals surface area contributed by atoms with Gasteiger partial charge in [0.05, 0.1) is 65.0 Å². The molecule has 0 radical (unpaired) electrons. The molecule has 17 unspecified atom stereocenters. The van der Waals surface area contributed by atoms with E-state index in [1.165, 1.54) is 6.92 Å². The molecule has 0 saturated carbocycles. The van der Waals surface area contributed by atoms with Gasteiger partial charge in [-0.05, 0) is 6.92 Å². The van der Waals surface area contributed by atoms with E-state index in [1.54, 1.807) is 0 Å². The van der Waals surface area contributed by atoms with Gasteiger partial charge in [-0.15, -0.1) is 0 Å². The van der Waals surface area contributed by atoms with Crippen molar-refractivity contribution in [2.24, 2.45) is 0 Å². The van der Waals surface area contributed by atoms with Crippen molar-refractivity contribution in [2.45, 2.75) is 280 Å². The average molecular weight is 1480 g/mol. The molecule has 8 aliphatic heterocycles. The van der Waals surface area contributed by atoms with Crippen molar-refractivity contribution in [1.82, 2.24) is 21.3 Å². The molecule has 0 bridgehead atoms. The zero-order chi connectivity index (χ0) is 74.5. The van der Waals surface area contributed by atoms with Crippen LogP contribution in [0, 0.1) is 0 Å². The summed E-state index contributed by atoms with van der Waals surface area (Å²) in [5.41, 5.74) is 0. The number of aliphatic hydroxyl groups excluding tert-OH is 21. The Hall–Kier alpha value is -3.56. The molecule has 8 fully saturated rings. The summed E-state index contributed by atoms with van der Waals surface area (Å²) in [6, 6.07) is -6.61. The molecule has 0 aliphatic carbocycles. The average Bonchev–Trinajstić information content (AvgIpc) is 0.773. The maximum absolute atomic E-state index is 12.9. The van der Waals surface area contributed by atoms with Crippen LogP contribution in [0.25, 0.3) is 0 Å². The molecule has 8 rings (SSSR count). The Morgan fingerprint density at radius 3 is 0.980 bits per heavy atom. The van der Waals surface area contributed by atoms with E-state index in [0.717, 1.165) is 27.7 Å². The molecule has 4 amide bonds. The zero-order valence-electron chi connectivity index (χ0n) is 54.9. The second kappa shape index (κ2) is 36.4. The Bertz CT molecular complexity index is 2640. The number of hydrogen-bond acceptors (Lipinski definition) is 40. The lowest BCUT2D eigenvalue weighted by Gasteiger charge is -2.51. The molecule has 8 aliphatic rings. The van der Waals surface area contributed by atoms with E-state index in [9.17, 15) is 126 Å².